The molecule has 5 aromatic rings. The maximum atomic E-state index is 13.3. The molecule has 0 radical (unpaired) electrons. The van der Waals surface area contributed by atoms with Crippen molar-refractivity contribution in [2.45, 2.75) is 45.7 Å². The lowest BCUT2D eigenvalue weighted by atomic mass is 9.99. The number of imidazole rings is 2. The molecule has 0 fully saturated rings. The smallest absolute Gasteiger partial charge is 0.307 e. The van der Waals surface area contributed by atoms with Crippen LogP contribution in [0.5, 0.6) is 0 Å². The number of para-hydroxylation sites is 2. The predicted octanol–water partition coefficient (Wildman–Crippen LogP) is 5.20. The van der Waals surface area contributed by atoms with Gasteiger partial charge in [-0.25, -0.2) is 9.13 Å². The van der Waals surface area contributed by atoms with Crippen LogP contribution in [0.2, 0.25) is 0 Å². The Morgan fingerprint density at radius 1 is 0.895 bits per heavy atom. The monoisotopic (exact) mass is 506 g/mol. The van der Waals surface area contributed by atoms with E-state index < -0.39 is 0 Å². The van der Waals surface area contributed by atoms with Crippen LogP contribution in [0, 0.1) is 19.3 Å². The number of nitrogens with zero attached hydrogens (tertiary/aromatic N) is 4. The molecule has 3 aromatic carbocycles. The van der Waals surface area contributed by atoms with E-state index in [1.807, 2.05) is 47.8 Å². The molecule has 0 spiro atoms. The Kier molecular flexibility index (Phi) is 7.14. The van der Waals surface area contributed by atoms with Crippen LogP contribution in [0.25, 0.3) is 11.0 Å². The molecule has 2 aromatic heterocycles. The second kappa shape index (κ2) is 10.7. The van der Waals surface area contributed by atoms with Gasteiger partial charge < -0.3 is 9.13 Å². The third-order valence-corrected chi connectivity index (χ3v) is 7.47. The minimum absolute atomic E-state index is 0.0381. The summed E-state index contributed by atoms with van der Waals surface area (Å²) in [7, 11) is 3.82. The van der Waals surface area contributed by atoms with E-state index in [9.17, 15) is 10.2 Å². The van der Waals surface area contributed by atoms with Gasteiger partial charge in [-0.2, -0.15) is 0 Å². The van der Waals surface area contributed by atoms with Gasteiger partial charge in [0.15, 0.2) is 0 Å². The molecular weight excluding hydrogens is 470 g/mol. The third-order valence-electron chi connectivity index (χ3n) is 7.47. The highest BCUT2D eigenvalue weighted by atomic mass is 16.1. The summed E-state index contributed by atoms with van der Waals surface area (Å²) >= 11 is 0. The number of hydrogen-bond donors (Lipinski definition) is 1. The maximum Gasteiger partial charge on any atom is 0.325 e. The normalized spacial score (nSPS) is 12.2. The van der Waals surface area contributed by atoms with Gasteiger partial charge in [-0.05, 0) is 49.9 Å². The van der Waals surface area contributed by atoms with Crippen molar-refractivity contribution in [1.29, 1.82) is 5.41 Å². The largest absolute Gasteiger partial charge is 0.325 e. The van der Waals surface area contributed by atoms with E-state index in [0.717, 1.165) is 17.5 Å². The van der Waals surface area contributed by atoms with Gasteiger partial charge in [-0.3, -0.25) is 10.2 Å². The van der Waals surface area contributed by atoms with Crippen LogP contribution < -0.4 is 10.2 Å². The van der Waals surface area contributed by atoms with Crippen molar-refractivity contribution in [3.8, 4) is 0 Å². The summed E-state index contributed by atoms with van der Waals surface area (Å²) in [5.41, 5.74) is 7.34. The summed E-state index contributed by atoms with van der Waals surface area (Å²) < 4.78 is 7.99. The van der Waals surface area contributed by atoms with E-state index in [1.165, 1.54) is 22.3 Å². The first-order valence-corrected chi connectivity index (χ1v) is 13.2. The molecule has 0 aliphatic heterocycles. The van der Waals surface area contributed by atoms with E-state index in [4.69, 9.17) is 0 Å². The highest BCUT2D eigenvalue weighted by Crippen LogP contribution is 2.25. The van der Waals surface area contributed by atoms with E-state index in [-0.39, 0.29) is 11.8 Å². The number of aromatic nitrogens is 4. The van der Waals surface area contributed by atoms with Gasteiger partial charge in [-0.1, -0.05) is 71.8 Å². The van der Waals surface area contributed by atoms with Gasteiger partial charge in [0.25, 0.3) is 0 Å². The van der Waals surface area contributed by atoms with Crippen LogP contribution in [0.15, 0.2) is 85.2 Å². The summed E-state index contributed by atoms with van der Waals surface area (Å²) in [5, 5.41) is 9.32. The highest BCUT2D eigenvalue weighted by Gasteiger charge is 2.25. The molecule has 0 amide bonds. The van der Waals surface area contributed by atoms with E-state index in [0.29, 0.717) is 30.8 Å². The zero-order valence-corrected chi connectivity index (χ0v) is 22.7. The first-order chi connectivity index (χ1) is 18.3. The van der Waals surface area contributed by atoms with Gasteiger partial charge in [-0.15, -0.1) is 0 Å². The van der Waals surface area contributed by atoms with Gasteiger partial charge in [0, 0.05) is 12.5 Å². The lowest BCUT2D eigenvalue weighted by Gasteiger charge is -2.20. The van der Waals surface area contributed by atoms with Crippen molar-refractivity contribution < 1.29 is 9.36 Å². The van der Waals surface area contributed by atoms with Crippen LogP contribution in [-0.2, 0) is 27.1 Å². The molecule has 0 aliphatic carbocycles. The number of carbonyl (C=O) groups excluding carboxylic acids is 1. The summed E-state index contributed by atoms with van der Waals surface area (Å²) in [6.07, 6.45) is 5.62. The lowest BCUT2D eigenvalue weighted by Crippen LogP contribution is -2.35. The lowest BCUT2D eigenvalue weighted by molar-refractivity contribution is -0.672. The summed E-state index contributed by atoms with van der Waals surface area (Å²) in [5.74, 6) is 0.807. The van der Waals surface area contributed by atoms with Crippen molar-refractivity contribution in [1.82, 2.24) is 13.7 Å². The number of ketones is 1. The Morgan fingerprint density at radius 3 is 2.11 bits per heavy atom. The van der Waals surface area contributed by atoms with Crippen molar-refractivity contribution in [3.63, 3.8) is 0 Å². The Balaban J connectivity index is 1.55. The molecule has 1 N–H and O–H groups in total. The number of fused-ring (bicyclic) bond motifs is 1. The predicted molar refractivity (Wildman–Crippen MR) is 150 cm³/mol. The fourth-order valence-electron chi connectivity index (χ4n) is 5.37. The van der Waals surface area contributed by atoms with Crippen LogP contribution in [-0.4, -0.2) is 19.5 Å². The SMILES string of the molecule is Cc1ccc(C[C@@H](CCC(=O)c2n(C)cc[n+]2C)n2c(=N)n(Cc3ccc(C)cc3)c3ccccc32)cc1. The van der Waals surface area contributed by atoms with Crippen molar-refractivity contribution in [2.75, 3.05) is 0 Å². The number of Topliss-reactive ketones (excluding diaryl/α,β-unsaturated/α-hetero) is 1. The molecule has 6 nitrogen and oxygen atoms in total. The molecule has 1 atom stereocenters. The van der Waals surface area contributed by atoms with E-state index in [1.54, 1.807) is 0 Å². The fraction of sp³-hybridized carbons (Fsp3) is 0.281. The molecule has 0 unspecified atom stereocenters. The second-order valence-electron chi connectivity index (χ2n) is 10.4. The van der Waals surface area contributed by atoms with Crippen LogP contribution in [0.4, 0.5) is 0 Å². The Hall–Kier alpha value is -4.19. The van der Waals surface area contributed by atoms with Crippen LogP contribution in [0.1, 0.15) is 51.8 Å². The average Bonchev–Trinajstić information content (AvgIpc) is 3.39. The Morgan fingerprint density at radius 2 is 1.50 bits per heavy atom. The van der Waals surface area contributed by atoms with Crippen LogP contribution in [0.3, 0.4) is 0 Å². The zero-order valence-electron chi connectivity index (χ0n) is 22.7. The second-order valence-corrected chi connectivity index (χ2v) is 10.4. The first-order valence-electron chi connectivity index (χ1n) is 13.2. The number of rotatable bonds is 9. The number of nitrogens with one attached hydrogen (secondary N) is 1. The number of carbonyl (C=O) groups is 1. The molecule has 0 bridgehead atoms. The quantitative estimate of drug-likeness (QED) is 0.217. The molecule has 0 aliphatic rings. The molecular formula is C32H36N5O+. The van der Waals surface area contributed by atoms with Gasteiger partial charge in [0.2, 0.25) is 11.4 Å². The summed E-state index contributed by atoms with van der Waals surface area (Å²) in [4.78, 5) is 13.3. The van der Waals surface area contributed by atoms with Crippen LogP contribution >= 0.6 is 0 Å². The van der Waals surface area contributed by atoms with E-state index >= 15 is 0 Å². The number of aryl methyl sites for hydroxylation is 4. The van der Waals surface area contributed by atoms with Crippen molar-refractivity contribution >= 4 is 16.8 Å². The first kappa shape index (κ1) is 25.5. The molecule has 6 heteroatoms. The summed E-state index contributed by atoms with van der Waals surface area (Å²) in [6.45, 7) is 4.81. The molecule has 194 valence electrons. The molecule has 0 saturated heterocycles. The van der Waals surface area contributed by atoms with E-state index in [2.05, 4.69) is 83.6 Å². The number of hydrogen-bond acceptors (Lipinski definition) is 2. The molecule has 38 heavy (non-hydrogen) atoms. The zero-order chi connectivity index (χ0) is 26.8. The van der Waals surface area contributed by atoms with Crippen molar-refractivity contribution in [3.05, 3.63) is 119 Å². The average molecular weight is 507 g/mol. The molecule has 2 heterocycles. The van der Waals surface area contributed by atoms with Gasteiger partial charge >= 0.3 is 5.82 Å². The summed E-state index contributed by atoms with van der Waals surface area (Å²) in [6, 6.07) is 25.3. The minimum Gasteiger partial charge on any atom is -0.307 e. The highest BCUT2D eigenvalue weighted by molar-refractivity contribution is 5.91. The topological polar surface area (TPSA) is 59.6 Å². The van der Waals surface area contributed by atoms with Gasteiger partial charge in [0.1, 0.15) is 12.4 Å². The standard InChI is InChI=1S/C32H36N5O/c1-23-9-13-25(14-10-23)21-27(17-18-30(38)31-34(3)19-20-35(31)4)37-29-8-6-5-7-28(29)36(32(37)33)22-26-15-11-24(2)12-16-26/h5-16,19-20,27,33H,17-18,21-22H2,1-4H3/q+1/t27-/m1/s1. The Labute approximate surface area is 223 Å². The molecule has 5 rings (SSSR count). The van der Waals surface area contributed by atoms with Crippen molar-refractivity contribution in [2.24, 2.45) is 14.1 Å². The maximum absolute atomic E-state index is 13.3. The molecule has 0 saturated carbocycles. The fourth-order valence-corrected chi connectivity index (χ4v) is 5.37. The number of benzene rings is 3. The Bertz CT molecular complexity index is 1620. The van der Waals surface area contributed by atoms with Gasteiger partial charge in [0.05, 0.1) is 31.7 Å². The minimum atomic E-state index is -0.0381. The third kappa shape index (κ3) is 5.12.